The molecule has 2 atom stereocenters. The van der Waals surface area contributed by atoms with Gasteiger partial charge in [-0.2, -0.15) is 0 Å². The fourth-order valence-electron chi connectivity index (χ4n) is 1.22. The third kappa shape index (κ3) is 4.59. The summed E-state index contributed by atoms with van der Waals surface area (Å²) in [6.45, 7) is 5.62. The van der Waals surface area contributed by atoms with E-state index in [9.17, 15) is 4.57 Å². The van der Waals surface area contributed by atoms with Crippen LogP contribution >= 0.6 is 7.82 Å². The molecule has 1 heterocycles. The summed E-state index contributed by atoms with van der Waals surface area (Å²) in [7, 11) is -3.92. The van der Waals surface area contributed by atoms with Crippen LogP contribution in [0.4, 0.5) is 0 Å². The van der Waals surface area contributed by atoms with Crippen LogP contribution in [0.3, 0.4) is 0 Å². The van der Waals surface area contributed by atoms with Crippen molar-refractivity contribution >= 4 is 7.82 Å². The van der Waals surface area contributed by atoms with Crippen LogP contribution < -0.4 is 0 Å². The van der Waals surface area contributed by atoms with E-state index in [1.807, 2.05) is 0 Å². The highest BCUT2D eigenvalue weighted by atomic mass is 31.2. The maximum atomic E-state index is 11.1. The quantitative estimate of drug-likeness (QED) is 0.730. The molecule has 0 saturated carbocycles. The summed E-state index contributed by atoms with van der Waals surface area (Å²) in [4.78, 5) is 9.12. The predicted octanol–water partition coefficient (Wildman–Crippen LogP) is 1.29. The van der Waals surface area contributed by atoms with Crippen molar-refractivity contribution in [1.82, 2.24) is 0 Å². The number of phosphoric acid groups is 1. The van der Waals surface area contributed by atoms with Crippen molar-refractivity contribution in [3.05, 3.63) is 0 Å². The molecule has 7 heteroatoms. The number of hydrogen-bond acceptors (Lipinski definition) is 5. The van der Waals surface area contributed by atoms with Crippen LogP contribution in [0.2, 0.25) is 0 Å². The lowest BCUT2D eigenvalue weighted by Crippen LogP contribution is -2.23. The smallest absolute Gasteiger partial charge is 0.348 e. The third-order valence-electron chi connectivity index (χ3n) is 1.78. The lowest BCUT2D eigenvalue weighted by Gasteiger charge is -2.17. The summed E-state index contributed by atoms with van der Waals surface area (Å²) < 4.78 is 31.1. The Morgan fingerprint density at radius 1 is 1.53 bits per heavy atom. The zero-order chi connectivity index (χ0) is 11.5. The highest BCUT2D eigenvalue weighted by Gasteiger charge is 2.34. The number of hydrogen-bond donors (Lipinski definition) is 1. The van der Waals surface area contributed by atoms with Gasteiger partial charge in [0.05, 0.1) is 19.8 Å². The van der Waals surface area contributed by atoms with Crippen molar-refractivity contribution in [2.45, 2.75) is 32.7 Å². The van der Waals surface area contributed by atoms with E-state index in [1.165, 1.54) is 0 Å². The zero-order valence-corrected chi connectivity index (χ0v) is 10.0. The molecule has 0 radical (unpaired) electrons. The molecule has 1 rings (SSSR count). The second-order valence-corrected chi connectivity index (χ2v) is 5.09. The molecule has 1 N–H and O–H groups in total. The van der Waals surface area contributed by atoms with Gasteiger partial charge >= 0.3 is 7.82 Å². The maximum Gasteiger partial charge on any atom is 0.472 e. The predicted molar refractivity (Wildman–Crippen MR) is 52.3 cm³/mol. The molecule has 0 aromatic carbocycles. The molecule has 0 aromatic heterocycles. The van der Waals surface area contributed by atoms with E-state index in [-0.39, 0.29) is 19.3 Å². The maximum absolute atomic E-state index is 11.1. The SMILES string of the molecule is CCOP(=O)(O)OCC1COC(C)(C)O1. The Balaban J connectivity index is 2.30. The normalized spacial score (nSPS) is 28.9. The highest BCUT2D eigenvalue weighted by molar-refractivity contribution is 7.47. The number of ether oxygens (including phenoxy) is 2. The summed E-state index contributed by atoms with van der Waals surface area (Å²) in [5, 5.41) is 0. The van der Waals surface area contributed by atoms with Crippen LogP contribution in [0.25, 0.3) is 0 Å². The van der Waals surface area contributed by atoms with E-state index in [2.05, 4.69) is 4.52 Å². The Morgan fingerprint density at radius 2 is 2.20 bits per heavy atom. The molecule has 2 unspecified atom stereocenters. The monoisotopic (exact) mass is 240 g/mol. The fourth-order valence-corrected chi connectivity index (χ4v) is 1.98. The van der Waals surface area contributed by atoms with Gasteiger partial charge in [0.2, 0.25) is 0 Å². The minimum absolute atomic E-state index is 0.0167. The van der Waals surface area contributed by atoms with Gasteiger partial charge in [-0.3, -0.25) is 9.05 Å². The van der Waals surface area contributed by atoms with Gasteiger partial charge in [0, 0.05) is 0 Å². The van der Waals surface area contributed by atoms with Crippen LogP contribution in [0.15, 0.2) is 0 Å². The first-order valence-corrected chi connectivity index (χ1v) is 6.28. The second kappa shape index (κ2) is 4.91. The molecule has 1 aliphatic rings. The average molecular weight is 240 g/mol. The van der Waals surface area contributed by atoms with Crippen molar-refractivity contribution in [3.8, 4) is 0 Å². The summed E-state index contributed by atoms with van der Waals surface area (Å²) in [5.74, 6) is -0.654. The Hall–Kier alpha value is 0.0300. The topological polar surface area (TPSA) is 74.2 Å². The molecule has 0 bridgehead atoms. The van der Waals surface area contributed by atoms with E-state index in [1.54, 1.807) is 20.8 Å². The van der Waals surface area contributed by atoms with Crippen LogP contribution in [0.5, 0.6) is 0 Å². The van der Waals surface area contributed by atoms with Crippen LogP contribution in [-0.4, -0.2) is 36.6 Å². The van der Waals surface area contributed by atoms with E-state index >= 15 is 0 Å². The van der Waals surface area contributed by atoms with E-state index < -0.39 is 13.6 Å². The highest BCUT2D eigenvalue weighted by Crippen LogP contribution is 2.43. The molecule has 1 saturated heterocycles. The van der Waals surface area contributed by atoms with Gasteiger partial charge in [-0.05, 0) is 20.8 Å². The zero-order valence-electron chi connectivity index (χ0n) is 9.13. The van der Waals surface area contributed by atoms with Crippen molar-refractivity contribution in [3.63, 3.8) is 0 Å². The van der Waals surface area contributed by atoms with E-state index in [0.717, 1.165) is 0 Å². The molecule has 0 spiro atoms. The molecule has 0 aliphatic carbocycles. The Labute approximate surface area is 89.1 Å². The van der Waals surface area contributed by atoms with Gasteiger partial charge in [0.25, 0.3) is 0 Å². The summed E-state index contributed by atoms with van der Waals surface area (Å²) >= 11 is 0. The van der Waals surface area contributed by atoms with Crippen molar-refractivity contribution in [1.29, 1.82) is 0 Å². The Morgan fingerprint density at radius 3 is 2.67 bits per heavy atom. The molecule has 90 valence electrons. The summed E-state index contributed by atoms with van der Waals surface area (Å²) in [5.41, 5.74) is 0. The van der Waals surface area contributed by atoms with Crippen LogP contribution in [0, 0.1) is 0 Å². The average Bonchev–Trinajstić information content (AvgIpc) is 2.42. The molecular formula is C8H17O6P. The number of rotatable bonds is 5. The molecule has 1 aliphatic heterocycles. The molecule has 15 heavy (non-hydrogen) atoms. The molecular weight excluding hydrogens is 223 g/mol. The molecule has 0 aromatic rings. The largest absolute Gasteiger partial charge is 0.472 e. The minimum Gasteiger partial charge on any atom is -0.348 e. The van der Waals surface area contributed by atoms with Crippen LogP contribution in [0.1, 0.15) is 20.8 Å². The summed E-state index contributed by atoms with van der Waals surface area (Å²) in [6.07, 6.45) is -0.332. The van der Waals surface area contributed by atoms with Gasteiger partial charge in [-0.25, -0.2) is 4.57 Å². The lowest BCUT2D eigenvalue weighted by atomic mass is 10.4. The minimum atomic E-state index is -3.92. The third-order valence-corrected chi connectivity index (χ3v) is 2.84. The first-order chi connectivity index (χ1) is 6.85. The molecule has 1 fully saturated rings. The van der Waals surface area contributed by atoms with Crippen molar-refractivity contribution in [2.24, 2.45) is 0 Å². The Kier molecular flexibility index (Phi) is 4.29. The van der Waals surface area contributed by atoms with Gasteiger partial charge in [0.1, 0.15) is 6.10 Å². The first-order valence-electron chi connectivity index (χ1n) is 4.78. The first kappa shape index (κ1) is 13.1. The van der Waals surface area contributed by atoms with E-state index in [4.69, 9.17) is 18.9 Å². The van der Waals surface area contributed by atoms with E-state index in [0.29, 0.717) is 6.61 Å². The van der Waals surface area contributed by atoms with Crippen molar-refractivity contribution in [2.75, 3.05) is 19.8 Å². The Bertz CT molecular complexity index is 254. The van der Waals surface area contributed by atoms with Gasteiger partial charge in [0.15, 0.2) is 5.79 Å². The lowest BCUT2D eigenvalue weighted by molar-refractivity contribution is -0.142. The second-order valence-electron chi connectivity index (χ2n) is 3.63. The van der Waals surface area contributed by atoms with Gasteiger partial charge in [-0.15, -0.1) is 0 Å². The summed E-state index contributed by atoms with van der Waals surface area (Å²) in [6, 6.07) is 0. The standard InChI is InChI=1S/C8H17O6P/c1-4-12-15(9,10)13-6-7-5-11-8(2,3)14-7/h7H,4-6H2,1-3H3,(H,9,10). The van der Waals surface area contributed by atoms with Gasteiger partial charge < -0.3 is 14.4 Å². The van der Waals surface area contributed by atoms with Crippen LogP contribution in [-0.2, 0) is 23.1 Å². The number of phosphoric ester groups is 1. The molecule has 6 nitrogen and oxygen atoms in total. The molecule has 0 amide bonds. The fraction of sp³-hybridized carbons (Fsp3) is 1.00. The van der Waals surface area contributed by atoms with Gasteiger partial charge in [-0.1, -0.05) is 0 Å². The van der Waals surface area contributed by atoms with Crippen molar-refractivity contribution < 1.29 is 28.0 Å².